The van der Waals surface area contributed by atoms with Crippen molar-refractivity contribution in [3.8, 4) is 0 Å². The molecular weight excluding hydrogens is 314 g/mol. The predicted octanol–water partition coefficient (Wildman–Crippen LogP) is 2.31. The SMILES string of the molecule is O=C(NC[C@H]1CCCN1CCc1ccccc1)N[C@@H]1C[C@H]2CC[C@H]1O2. The fraction of sp³-hybridized carbons (Fsp3) is 0.650. The molecule has 25 heavy (non-hydrogen) atoms. The first-order valence-electron chi connectivity index (χ1n) is 9.76. The molecule has 0 aliphatic carbocycles. The lowest BCUT2D eigenvalue weighted by atomic mass is 9.96. The van der Waals surface area contributed by atoms with E-state index in [2.05, 4.69) is 45.9 Å². The van der Waals surface area contributed by atoms with Gasteiger partial charge in [0.15, 0.2) is 0 Å². The molecule has 0 radical (unpaired) electrons. The van der Waals surface area contributed by atoms with Gasteiger partial charge < -0.3 is 15.4 Å². The first kappa shape index (κ1) is 16.9. The Morgan fingerprint density at radius 1 is 1.20 bits per heavy atom. The fourth-order valence-electron chi connectivity index (χ4n) is 4.56. The highest BCUT2D eigenvalue weighted by molar-refractivity contribution is 5.74. The van der Waals surface area contributed by atoms with E-state index in [0.29, 0.717) is 12.1 Å². The van der Waals surface area contributed by atoms with Gasteiger partial charge in [0.1, 0.15) is 0 Å². The number of rotatable bonds is 6. The number of amides is 2. The number of ether oxygens (including phenoxy) is 1. The smallest absolute Gasteiger partial charge is 0.315 e. The summed E-state index contributed by atoms with van der Waals surface area (Å²) < 4.78 is 5.80. The maximum Gasteiger partial charge on any atom is 0.315 e. The molecule has 3 fully saturated rings. The maximum atomic E-state index is 12.2. The Balaban J connectivity index is 1.19. The minimum absolute atomic E-state index is 0.0314. The van der Waals surface area contributed by atoms with Gasteiger partial charge in [-0.25, -0.2) is 4.79 Å². The first-order chi connectivity index (χ1) is 12.3. The standard InChI is InChI=1S/C20H29N3O2/c24-20(22-18-13-17-8-9-19(18)25-17)21-14-16-7-4-11-23(16)12-10-15-5-2-1-3-6-15/h1-3,5-6,16-19H,4,7-14H2,(H2,21,22,24)/t16-,17-,18-,19-/m1/s1. The number of urea groups is 1. The van der Waals surface area contributed by atoms with Crippen LogP contribution < -0.4 is 10.6 Å². The fourth-order valence-corrected chi connectivity index (χ4v) is 4.56. The van der Waals surface area contributed by atoms with Crippen LogP contribution in [0.4, 0.5) is 4.79 Å². The Hall–Kier alpha value is -1.59. The third-order valence-electron chi connectivity index (χ3n) is 5.95. The van der Waals surface area contributed by atoms with E-state index < -0.39 is 0 Å². The summed E-state index contributed by atoms with van der Waals surface area (Å²) in [5.41, 5.74) is 1.38. The van der Waals surface area contributed by atoms with Gasteiger partial charge in [0, 0.05) is 19.1 Å². The van der Waals surface area contributed by atoms with Gasteiger partial charge in [-0.15, -0.1) is 0 Å². The number of benzene rings is 1. The summed E-state index contributed by atoms with van der Waals surface area (Å²) in [6, 6.07) is 11.3. The van der Waals surface area contributed by atoms with Crippen LogP contribution in [0.15, 0.2) is 30.3 Å². The van der Waals surface area contributed by atoms with Crippen LogP contribution in [0, 0.1) is 0 Å². The molecule has 2 amide bonds. The summed E-state index contributed by atoms with van der Waals surface area (Å²) in [6.07, 6.45) is 7.31. The zero-order valence-corrected chi connectivity index (χ0v) is 14.8. The second kappa shape index (κ2) is 7.75. The largest absolute Gasteiger partial charge is 0.373 e. The van der Waals surface area contributed by atoms with Crippen molar-refractivity contribution in [1.29, 1.82) is 0 Å². The molecule has 3 aliphatic heterocycles. The van der Waals surface area contributed by atoms with E-state index in [1.165, 1.54) is 18.4 Å². The molecule has 1 aromatic rings. The number of hydrogen-bond acceptors (Lipinski definition) is 3. The number of likely N-dealkylation sites (tertiary alicyclic amines) is 1. The topological polar surface area (TPSA) is 53.6 Å². The van der Waals surface area contributed by atoms with Crippen LogP contribution in [0.2, 0.25) is 0 Å². The molecule has 4 rings (SSSR count). The summed E-state index contributed by atoms with van der Waals surface area (Å²) in [6.45, 7) is 2.95. The number of fused-ring (bicyclic) bond motifs is 2. The lowest BCUT2D eigenvalue weighted by molar-refractivity contribution is 0.0980. The van der Waals surface area contributed by atoms with Crippen molar-refractivity contribution in [3.63, 3.8) is 0 Å². The Morgan fingerprint density at radius 2 is 2.08 bits per heavy atom. The molecule has 4 atom stereocenters. The minimum Gasteiger partial charge on any atom is -0.373 e. The number of carbonyl (C=O) groups excluding carboxylic acids is 1. The lowest BCUT2D eigenvalue weighted by Crippen LogP contribution is -2.49. The van der Waals surface area contributed by atoms with Crippen molar-refractivity contribution in [1.82, 2.24) is 15.5 Å². The third-order valence-corrected chi connectivity index (χ3v) is 5.95. The molecule has 2 N–H and O–H groups in total. The predicted molar refractivity (Wildman–Crippen MR) is 97.6 cm³/mol. The average Bonchev–Trinajstić information content (AvgIpc) is 3.36. The molecule has 3 aliphatic rings. The molecule has 0 unspecified atom stereocenters. The van der Waals surface area contributed by atoms with Crippen LogP contribution in [0.3, 0.4) is 0 Å². The quantitative estimate of drug-likeness (QED) is 0.833. The summed E-state index contributed by atoms with van der Waals surface area (Å²) in [5, 5.41) is 6.21. The average molecular weight is 343 g/mol. The highest BCUT2D eigenvalue weighted by atomic mass is 16.5. The Bertz CT molecular complexity index is 580. The van der Waals surface area contributed by atoms with E-state index in [1.807, 2.05) is 0 Å². The van der Waals surface area contributed by atoms with Crippen LogP contribution in [-0.4, -0.2) is 54.9 Å². The minimum atomic E-state index is -0.0314. The lowest BCUT2D eigenvalue weighted by Gasteiger charge is -2.26. The molecule has 1 aromatic carbocycles. The first-order valence-corrected chi connectivity index (χ1v) is 9.76. The van der Waals surface area contributed by atoms with Gasteiger partial charge in [0.25, 0.3) is 0 Å². The molecule has 3 saturated heterocycles. The van der Waals surface area contributed by atoms with Gasteiger partial charge in [-0.05, 0) is 50.6 Å². The summed E-state index contributed by atoms with van der Waals surface area (Å²) in [5.74, 6) is 0. The van der Waals surface area contributed by atoms with Crippen molar-refractivity contribution in [2.45, 2.75) is 62.8 Å². The number of carbonyl (C=O) groups is 1. The highest BCUT2D eigenvalue weighted by Gasteiger charge is 2.41. The van der Waals surface area contributed by atoms with E-state index in [9.17, 15) is 4.79 Å². The second-order valence-corrected chi connectivity index (χ2v) is 7.64. The van der Waals surface area contributed by atoms with Gasteiger partial charge in [0.05, 0.1) is 18.2 Å². The maximum absolute atomic E-state index is 12.2. The molecule has 0 aromatic heterocycles. The van der Waals surface area contributed by atoms with Crippen molar-refractivity contribution in [2.75, 3.05) is 19.6 Å². The van der Waals surface area contributed by atoms with Crippen LogP contribution in [0.1, 0.15) is 37.7 Å². The summed E-state index contributed by atoms with van der Waals surface area (Å²) in [7, 11) is 0. The normalized spacial score (nSPS) is 31.4. The van der Waals surface area contributed by atoms with Gasteiger partial charge in [-0.1, -0.05) is 30.3 Å². The summed E-state index contributed by atoms with van der Waals surface area (Å²) >= 11 is 0. The van der Waals surface area contributed by atoms with Crippen LogP contribution >= 0.6 is 0 Å². The van der Waals surface area contributed by atoms with Crippen molar-refractivity contribution in [2.24, 2.45) is 0 Å². The zero-order chi connectivity index (χ0) is 17.1. The molecule has 136 valence electrons. The van der Waals surface area contributed by atoms with E-state index >= 15 is 0 Å². The van der Waals surface area contributed by atoms with Crippen LogP contribution in [0.25, 0.3) is 0 Å². The molecule has 0 spiro atoms. The van der Waals surface area contributed by atoms with E-state index in [1.54, 1.807) is 0 Å². The van der Waals surface area contributed by atoms with Gasteiger partial charge in [-0.2, -0.15) is 0 Å². The van der Waals surface area contributed by atoms with E-state index in [0.717, 1.165) is 45.3 Å². The van der Waals surface area contributed by atoms with Crippen LogP contribution in [-0.2, 0) is 11.2 Å². The van der Waals surface area contributed by atoms with Crippen LogP contribution in [0.5, 0.6) is 0 Å². The Kier molecular flexibility index (Phi) is 5.22. The zero-order valence-electron chi connectivity index (χ0n) is 14.8. The number of nitrogens with one attached hydrogen (secondary N) is 2. The third kappa shape index (κ3) is 4.15. The molecular formula is C20H29N3O2. The molecule has 5 heteroatoms. The van der Waals surface area contributed by atoms with Gasteiger partial charge in [0.2, 0.25) is 0 Å². The Labute approximate surface area is 150 Å². The molecule has 5 nitrogen and oxygen atoms in total. The summed E-state index contributed by atoms with van der Waals surface area (Å²) in [4.78, 5) is 14.7. The number of hydrogen-bond donors (Lipinski definition) is 2. The highest BCUT2D eigenvalue weighted by Crippen LogP contribution is 2.34. The van der Waals surface area contributed by atoms with Crippen molar-refractivity contribution < 1.29 is 9.53 Å². The van der Waals surface area contributed by atoms with Gasteiger partial charge >= 0.3 is 6.03 Å². The van der Waals surface area contributed by atoms with E-state index in [-0.39, 0.29) is 18.2 Å². The van der Waals surface area contributed by atoms with E-state index in [4.69, 9.17) is 4.74 Å². The monoisotopic (exact) mass is 343 g/mol. The van der Waals surface area contributed by atoms with Gasteiger partial charge in [-0.3, -0.25) is 4.90 Å². The van der Waals surface area contributed by atoms with Crippen molar-refractivity contribution in [3.05, 3.63) is 35.9 Å². The molecule has 2 bridgehead atoms. The van der Waals surface area contributed by atoms with Crippen molar-refractivity contribution >= 4 is 6.03 Å². The number of nitrogens with zero attached hydrogens (tertiary/aromatic N) is 1. The molecule has 0 saturated carbocycles. The second-order valence-electron chi connectivity index (χ2n) is 7.64. The molecule has 3 heterocycles. The Morgan fingerprint density at radius 3 is 2.84 bits per heavy atom.